The highest BCUT2D eigenvalue weighted by Crippen LogP contribution is 2.15. The molecule has 90 valence electrons. The van der Waals surface area contributed by atoms with Crippen LogP contribution in [0.5, 0.6) is 0 Å². The first kappa shape index (κ1) is 12.3. The van der Waals surface area contributed by atoms with Crippen molar-refractivity contribution in [1.82, 2.24) is 5.32 Å². The highest BCUT2D eigenvalue weighted by atomic mass is 32.1. The number of hydrogen-bond donors (Lipinski definition) is 2. The van der Waals surface area contributed by atoms with Crippen molar-refractivity contribution >= 4 is 11.3 Å². The van der Waals surface area contributed by atoms with E-state index in [1.165, 1.54) is 16.0 Å². The number of aliphatic hydroxyl groups excluding tert-OH is 1. The summed E-state index contributed by atoms with van der Waals surface area (Å²) >= 11 is 1.79. The Kier molecular flexibility index (Phi) is 4.31. The van der Waals surface area contributed by atoms with Gasteiger partial charge in [-0.3, -0.25) is 0 Å². The Labute approximate surface area is 106 Å². The van der Waals surface area contributed by atoms with Crippen LogP contribution >= 0.6 is 11.3 Å². The lowest BCUT2D eigenvalue weighted by atomic mass is 10.1. The molecule has 0 atom stereocenters. The SMILES string of the molecule is Cc1ccsc1CNCc1cccc(CO)c1. The minimum atomic E-state index is 0.109. The van der Waals surface area contributed by atoms with E-state index in [4.69, 9.17) is 5.11 Å². The minimum Gasteiger partial charge on any atom is -0.392 e. The Morgan fingerprint density at radius 1 is 1.18 bits per heavy atom. The fourth-order valence-corrected chi connectivity index (χ4v) is 2.62. The fraction of sp³-hybridized carbons (Fsp3) is 0.286. The molecule has 1 aromatic carbocycles. The summed E-state index contributed by atoms with van der Waals surface area (Å²) < 4.78 is 0. The molecule has 0 amide bonds. The van der Waals surface area contributed by atoms with Crippen LogP contribution in [0.3, 0.4) is 0 Å². The number of thiophene rings is 1. The molecule has 0 saturated carbocycles. The van der Waals surface area contributed by atoms with Gasteiger partial charge in [0.1, 0.15) is 0 Å². The first-order chi connectivity index (χ1) is 8.29. The van der Waals surface area contributed by atoms with E-state index in [1.54, 1.807) is 11.3 Å². The van der Waals surface area contributed by atoms with Gasteiger partial charge in [0, 0.05) is 18.0 Å². The van der Waals surface area contributed by atoms with E-state index in [9.17, 15) is 0 Å². The monoisotopic (exact) mass is 247 g/mol. The van der Waals surface area contributed by atoms with Crippen molar-refractivity contribution in [2.45, 2.75) is 26.6 Å². The standard InChI is InChI=1S/C14H17NOS/c1-11-5-6-17-14(11)9-15-8-12-3-2-4-13(7-12)10-16/h2-7,15-16H,8-10H2,1H3. The lowest BCUT2D eigenvalue weighted by molar-refractivity contribution is 0.281. The third kappa shape index (κ3) is 3.40. The van der Waals surface area contributed by atoms with Gasteiger partial charge in [-0.15, -0.1) is 11.3 Å². The summed E-state index contributed by atoms with van der Waals surface area (Å²) in [5.74, 6) is 0. The summed E-state index contributed by atoms with van der Waals surface area (Å²) in [4.78, 5) is 1.39. The molecule has 0 aliphatic rings. The fourth-order valence-electron chi connectivity index (χ4n) is 1.74. The van der Waals surface area contributed by atoms with Crippen molar-refractivity contribution in [3.05, 3.63) is 57.3 Å². The van der Waals surface area contributed by atoms with Crippen molar-refractivity contribution in [2.75, 3.05) is 0 Å². The van der Waals surface area contributed by atoms with Crippen LogP contribution in [0.4, 0.5) is 0 Å². The van der Waals surface area contributed by atoms with Gasteiger partial charge in [-0.1, -0.05) is 24.3 Å². The molecule has 2 nitrogen and oxygen atoms in total. The summed E-state index contributed by atoms with van der Waals surface area (Å²) in [7, 11) is 0. The molecule has 0 aliphatic heterocycles. The van der Waals surface area contributed by atoms with E-state index in [-0.39, 0.29) is 6.61 Å². The van der Waals surface area contributed by atoms with Crippen molar-refractivity contribution < 1.29 is 5.11 Å². The number of nitrogens with one attached hydrogen (secondary N) is 1. The molecule has 1 aromatic heterocycles. The maximum atomic E-state index is 9.06. The third-order valence-electron chi connectivity index (χ3n) is 2.76. The zero-order valence-corrected chi connectivity index (χ0v) is 10.8. The summed E-state index contributed by atoms with van der Waals surface area (Å²) in [6, 6.07) is 10.2. The van der Waals surface area contributed by atoms with E-state index in [2.05, 4.69) is 29.8 Å². The highest BCUT2D eigenvalue weighted by molar-refractivity contribution is 7.10. The van der Waals surface area contributed by atoms with Crippen molar-refractivity contribution in [2.24, 2.45) is 0 Å². The molecule has 0 fully saturated rings. The molecule has 2 N–H and O–H groups in total. The van der Waals surface area contributed by atoms with Gasteiger partial charge in [-0.2, -0.15) is 0 Å². The Balaban J connectivity index is 1.87. The van der Waals surface area contributed by atoms with Crippen LogP contribution in [0.25, 0.3) is 0 Å². The molecular formula is C14H17NOS. The maximum absolute atomic E-state index is 9.06. The zero-order valence-electron chi connectivity index (χ0n) is 9.94. The lowest BCUT2D eigenvalue weighted by Gasteiger charge is -2.06. The Morgan fingerprint density at radius 2 is 2.00 bits per heavy atom. The molecule has 0 radical (unpaired) electrons. The second-order valence-electron chi connectivity index (χ2n) is 4.11. The summed E-state index contributed by atoms with van der Waals surface area (Å²) in [5.41, 5.74) is 3.54. The van der Waals surface area contributed by atoms with Gasteiger partial charge in [-0.05, 0) is 35.1 Å². The van der Waals surface area contributed by atoms with Crippen LogP contribution < -0.4 is 5.32 Å². The normalized spacial score (nSPS) is 10.7. The van der Waals surface area contributed by atoms with E-state index < -0.39 is 0 Å². The average molecular weight is 247 g/mol. The molecule has 3 heteroatoms. The van der Waals surface area contributed by atoms with Crippen molar-refractivity contribution in [3.63, 3.8) is 0 Å². The molecule has 0 saturated heterocycles. The van der Waals surface area contributed by atoms with Crippen LogP contribution in [0.15, 0.2) is 35.7 Å². The summed E-state index contributed by atoms with van der Waals surface area (Å²) in [5, 5.41) is 14.6. The molecule has 17 heavy (non-hydrogen) atoms. The smallest absolute Gasteiger partial charge is 0.0681 e. The Bertz CT molecular complexity index is 479. The molecular weight excluding hydrogens is 230 g/mol. The minimum absolute atomic E-state index is 0.109. The maximum Gasteiger partial charge on any atom is 0.0681 e. The van der Waals surface area contributed by atoms with Crippen molar-refractivity contribution in [1.29, 1.82) is 0 Å². The van der Waals surface area contributed by atoms with Gasteiger partial charge < -0.3 is 10.4 Å². The van der Waals surface area contributed by atoms with E-state index in [0.29, 0.717) is 0 Å². The van der Waals surface area contributed by atoms with Gasteiger partial charge in [0.05, 0.1) is 6.61 Å². The van der Waals surface area contributed by atoms with Gasteiger partial charge >= 0.3 is 0 Å². The van der Waals surface area contributed by atoms with E-state index in [1.807, 2.05) is 18.2 Å². The second kappa shape index (κ2) is 5.96. The molecule has 0 spiro atoms. The average Bonchev–Trinajstić information content (AvgIpc) is 2.76. The van der Waals surface area contributed by atoms with Crippen LogP contribution in [0.2, 0.25) is 0 Å². The van der Waals surface area contributed by atoms with Gasteiger partial charge in [0.2, 0.25) is 0 Å². The Morgan fingerprint density at radius 3 is 2.71 bits per heavy atom. The number of aliphatic hydroxyl groups is 1. The number of rotatable bonds is 5. The predicted octanol–water partition coefficient (Wildman–Crippen LogP) is 2.84. The molecule has 2 aromatic rings. The zero-order chi connectivity index (χ0) is 12.1. The molecule has 0 bridgehead atoms. The van der Waals surface area contributed by atoms with Crippen LogP contribution in [0, 0.1) is 6.92 Å². The first-order valence-corrected chi connectivity index (χ1v) is 6.60. The molecule has 0 aliphatic carbocycles. The van der Waals surface area contributed by atoms with Crippen LogP contribution in [-0.4, -0.2) is 5.11 Å². The number of hydrogen-bond acceptors (Lipinski definition) is 3. The predicted molar refractivity (Wildman–Crippen MR) is 72.0 cm³/mol. The second-order valence-corrected chi connectivity index (χ2v) is 5.11. The van der Waals surface area contributed by atoms with Crippen molar-refractivity contribution in [3.8, 4) is 0 Å². The van der Waals surface area contributed by atoms with E-state index >= 15 is 0 Å². The topological polar surface area (TPSA) is 32.3 Å². The first-order valence-electron chi connectivity index (χ1n) is 5.72. The van der Waals surface area contributed by atoms with Gasteiger partial charge in [0.15, 0.2) is 0 Å². The Hall–Kier alpha value is -1.16. The molecule has 1 heterocycles. The third-order valence-corrected chi connectivity index (χ3v) is 3.78. The van der Waals surface area contributed by atoms with Crippen LogP contribution in [-0.2, 0) is 19.7 Å². The number of benzene rings is 1. The van der Waals surface area contributed by atoms with Gasteiger partial charge in [-0.25, -0.2) is 0 Å². The van der Waals surface area contributed by atoms with E-state index in [0.717, 1.165) is 18.7 Å². The molecule has 2 rings (SSSR count). The highest BCUT2D eigenvalue weighted by Gasteiger charge is 1.99. The van der Waals surface area contributed by atoms with Crippen LogP contribution in [0.1, 0.15) is 21.6 Å². The van der Waals surface area contributed by atoms with Gasteiger partial charge in [0.25, 0.3) is 0 Å². The largest absolute Gasteiger partial charge is 0.392 e. The lowest BCUT2D eigenvalue weighted by Crippen LogP contribution is -2.12. The number of aryl methyl sites for hydroxylation is 1. The summed E-state index contributed by atoms with van der Waals surface area (Å²) in [6.07, 6.45) is 0. The summed E-state index contributed by atoms with van der Waals surface area (Å²) in [6.45, 7) is 4.00. The molecule has 0 unspecified atom stereocenters. The quantitative estimate of drug-likeness (QED) is 0.851.